The third-order valence-electron chi connectivity index (χ3n) is 3.69. The molecule has 1 aromatic heterocycles. The zero-order valence-corrected chi connectivity index (χ0v) is 11.3. The van der Waals surface area contributed by atoms with Crippen LogP contribution in [0.25, 0.3) is 10.1 Å². The van der Waals surface area contributed by atoms with Crippen LogP contribution in [0.3, 0.4) is 0 Å². The van der Waals surface area contributed by atoms with E-state index in [9.17, 15) is 4.79 Å². The minimum absolute atomic E-state index is 0.231. The lowest BCUT2D eigenvalue weighted by Gasteiger charge is -2.17. The highest BCUT2D eigenvalue weighted by Crippen LogP contribution is 2.30. The second kappa shape index (κ2) is 4.69. The molecule has 0 fully saturated rings. The van der Waals surface area contributed by atoms with Crippen molar-refractivity contribution in [3.05, 3.63) is 46.9 Å². The molecule has 2 aromatic rings. The highest BCUT2D eigenvalue weighted by molar-refractivity contribution is 7.17. The lowest BCUT2D eigenvalue weighted by atomic mass is 9.87. The van der Waals surface area contributed by atoms with Gasteiger partial charge in [-0.1, -0.05) is 25.1 Å². The van der Waals surface area contributed by atoms with Crippen LogP contribution >= 0.6 is 11.3 Å². The molecule has 1 aromatic carbocycles. The molecule has 1 heterocycles. The van der Waals surface area contributed by atoms with E-state index < -0.39 is 0 Å². The van der Waals surface area contributed by atoms with E-state index in [4.69, 9.17) is 0 Å². The Bertz CT molecular complexity index is 621. The molecule has 1 nitrogen and oxygen atoms in total. The normalized spacial score (nSPS) is 19.8. The van der Waals surface area contributed by atoms with Gasteiger partial charge in [-0.05, 0) is 53.7 Å². The predicted octanol–water partition coefficient (Wildman–Crippen LogP) is 4.83. The highest BCUT2D eigenvalue weighted by Gasteiger charge is 2.19. The van der Waals surface area contributed by atoms with Gasteiger partial charge in [0.2, 0.25) is 0 Å². The fourth-order valence-corrected chi connectivity index (χ4v) is 3.43. The summed E-state index contributed by atoms with van der Waals surface area (Å²) < 4.78 is 1.13. The van der Waals surface area contributed by atoms with Crippen LogP contribution in [0.2, 0.25) is 0 Å². The maximum atomic E-state index is 12.6. The smallest absolute Gasteiger partial charge is 0.190 e. The van der Waals surface area contributed by atoms with Gasteiger partial charge < -0.3 is 0 Å². The largest absolute Gasteiger partial charge is 0.289 e. The number of fused-ring (bicyclic) bond motifs is 1. The van der Waals surface area contributed by atoms with Gasteiger partial charge in [-0.25, -0.2) is 0 Å². The van der Waals surface area contributed by atoms with Gasteiger partial charge in [0.05, 0.1) is 0 Å². The zero-order valence-electron chi connectivity index (χ0n) is 10.5. The van der Waals surface area contributed by atoms with E-state index in [0.717, 1.165) is 41.0 Å². The van der Waals surface area contributed by atoms with Gasteiger partial charge >= 0.3 is 0 Å². The Labute approximate surface area is 111 Å². The van der Waals surface area contributed by atoms with Crippen molar-refractivity contribution in [2.24, 2.45) is 5.92 Å². The van der Waals surface area contributed by atoms with Gasteiger partial charge in [-0.3, -0.25) is 4.79 Å². The van der Waals surface area contributed by atoms with Crippen molar-refractivity contribution in [2.45, 2.75) is 26.2 Å². The van der Waals surface area contributed by atoms with Crippen LogP contribution in [0.5, 0.6) is 0 Å². The molecule has 0 aliphatic heterocycles. The van der Waals surface area contributed by atoms with E-state index in [1.165, 1.54) is 5.39 Å². The summed E-state index contributed by atoms with van der Waals surface area (Å²) in [5.41, 5.74) is 1.89. The topological polar surface area (TPSA) is 17.1 Å². The molecule has 92 valence electrons. The van der Waals surface area contributed by atoms with Gasteiger partial charge in [0.1, 0.15) is 0 Å². The predicted molar refractivity (Wildman–Crippen MR) is 77.3 cm³/mol. The monoisotopic (exact) mass is 256 g/mol. The third kappa shape index (κ3) is 2.01. The van der Waals surface area contributed by atoms with Crippen molar-refractivity contribution in [1.82, 2.24) is 0 Å². The van der Waals surface area contributed by atoms with Crippen LogP contribution in [0.15, 0.2) is 41.3 Å². The number of Topliss-reactive ketones (excluding diaryl/α,β-unsaturated/α-hetero) is 1. The molecule has 1 unspecified atom stereocenters. The van der Waals surface area contributed by atoms with Gasteiger partial charge in [0, 0.05) is 10.3 Å². The molecule has 0 spiro atoms. The minimum Gasteiger partial charge on any atom is -0.289 e. The third-order valence-corrected chi connectivity index (χ3v) is 4.65. The SMILES string of the molecule is CC1CC=C(C(=O)c2cccc3ccsc23)CC1. The van der Waals surface area contributed by atoms with Gasteiger partial charge in [0.15, 0.2) is 5.78 Å². The van der Waals surface area contributed by atoms with Gasteiger partial charge in [0.25, 0.3) is 0 Å². The van der Waals surface area contributed by atoms with Crippen LogP contribution in [0, 0.1) is 5.92 Å². The molecule has 0 N–H and O–H groups in total. The van der Waals surface area contributed by atoms with Crippen LogP contribution in [0.4, 0.5) is 0 Å². The number of rotatable bonds is 2. The minimum atomic E-state index is 0.231. The van der Waals surface area contributed by atoms with Crippen LogP contribution in [0.1, 0.15) is 36.5 Å². The molecule has 1 aliphatic carbocycles. The first-order valence-corrected chi connectivity index (χ1v) is 7.33. The molecule has 0 amide bonds. The van der Waals surface area contributed by atoms with Crippen molar-refractivity contribution in [3.63, 3.8) is 0 Å². The number of ketones is 1. The van der Waals surface area contributed by atoms with Crippen LogP contribution in [-0.4, -0.2) is 5.78 Å². The summed E-state index contributed by atoms with van der Waals surface area (Å²) in [5, 5.41) is 3.23. The van der Waals surface area contributed by atoms with Crippen LogP contribution in [-0.2, 0) is 0 Å². The molecule has 0 bridgehead atoms. The number of carbonyl (C=O) groups excluding carboxylic acids is 1. The van der Waals surface area contributed by atoms with Crippen molar-refractivity contribution < 1.29 is 4.79 Å². The fourth-order valence-electron chi connectivity index (χ4n) is 2.52. The van der Waals surface area contributed by atoms with Crippen molar-refractivity contribution in [3.8, 4) is 0 Å². The Kier molecular flexibility index (Phi) is 3.04. The standard InChI is InChI=1S/C16H16OS/c1-11-5-7-12(8-6-11)15(17)14-4-2-3-13-9-10-18-16(13)14/h2-4,7,9-11H,5-6,8H2,1H3. The second-order valence-corrected chi connectivity index (χ2v) is 6.00. The average molecular weight is 256 g/mol. The maximum Gasteiger partial charge on any atom is 0.190 e. The Balaban J connectivity index is 2.00. The Hall–Kier alpha value is -1.41. The average Bonchev–Trinajstić information content (AvgIpc) is 2.87. The first-order valence-electron chi connectivity index (χ1n) is 6.45. The molecule has 18 heavy (non-hydrogen) atoms. The summed E-state index contributed by atoms with van der Waals surface area (Å²) >= 11 is 1.66. The fraction of sp³-hybridized carbons (Fsp3) is 0.312. The Morgan fingerprint density at radius 1 is 1.33 bits per heavy atom. The molecule has 0 saturated heterocycles. The number of thiophene rings is 1. The van der Waals surface area contributed by atoms with E-state index in [1.54, 1.807) is 11.3 Å². The Morgan fingerprint density at radius 2 is 2.22 bits per heavy atom. The van der Waals surface area contributed by atoms with Crippen molar-refractivity contribution in [2.75, 3.05) is 0 Å². The lowest BCUT2D eigenvalue weighted by Crippen LogP contribution is -2.10. The molecule has 1 atom stereocenters. The van der Waals surface area contributed by atoms with E-state index in [0.29, 0.717) is 0 Å². The van der Waals surface area contributed by atoms with Crippen molar-refractivity contribution in [1.29, 1.82) is 0 Å². The Morgan fingerprint density at radius 3 is 3.00 bits per heavy atom. The van der Waals surface area contributed by atoms with Crippen molar-refractivity contribution >= 4 is 27.2 Å². The summed E-state index contributed by atoms with van der Waals surface area (Å²) in [5.74, 6) is 0.953. The first-order chi connectivity index (χ1) is 8.75. The maximum absolute atomic E-state index is 12.6. The van der Waals surface area contributed by atoms with Crippen LogP contribution < -0.4 is 0 Å². The second-order valence-electron chi connectivity index (χ2n) is 5.08. The molecule has 2 heteroatoms. The summed E-state index contributed by atoms with van der Waals surface area (Å²) in [6.07, 6.45) is 5.25. The molecule has 0 saturated carbocycles. The molecular weight excluding hydrogens is 240 g/mol. The quantitative estimate of drug-likeness (QED) is 0.703. The summed E-state index contributed by atoms with van der Waals surface area (Å²) in [4.78, 5) is 12.6. The zero-order chi connectivity index (χ0) is 12.5. The first kappa shape index (κ1) is 11.7. The molecule has 0 radical (unpaired) electrons. The number of hydrogen-bond acceptors (Lipinski definition) is 2. The summed E-state index contributed by atoms with van der Waals surface area (Å²) in [6, 6.07) is 8.09. The van der Waals surface area contributed by atoms with Gasteiger partial charge in [-0.15, -0.1) is 11.3 Å². The number of allylic oxidation sites excluding steroid dienone is 2. The lowest BCUT2D eigenvalue weighted by molar-refractivity contribution is 0.102. The number of hydrogen-bond donors (Lipinski definition) is 0. The molecular formula is C16H16OS. The summed E-state index contributed by atoms with van der Waals surface area (Å²) in [7, 11) is 0. The van der Waals surface area contributed by atoms with E-state index in [2.05, 4.69) is 30.5 Å². The number of carbonyl (C=O) groups is 1. The molecule has 3 rings (SSSR count). The highest BCUT2D eigenvalue weighted by atomic mass is 32.1. The van der Waals surface area contributed by atoms with Gasteiger partial charge in [-0.2, -0.15) is 0 Å². The van der Waals surface area contributed by atoms with E-state index in [-0.39, 0.29) is 5.78 Å². The molecule has 1 aliphatic rings. The number of benzene rings is 1. The summed E-state index contributed by atoms with van der Waals surface area (Å²) in [6.45, 7) is 2.25. The van der Waals surface area contributed by atoms with E-state index in [1.807, 2.05) is 12.1 Å². The van der Waals surface area contributed by atoms with E-state index >= 15 is 0 Å².